The predicted octanol–water partition coefficient (Wildman–Crippen LogP) is 2.83. The number of ether oxygens (including phenoxy) is 1. The molecule has 162 valence electrons. The van der Waals surface area contributed by atoms with E-state index in [4.69, 9.17) is 4.74 Å². The number of benzene rings is 2. The van der Waals surface area contributed by atoms with Crippen LogP contribution in [-0.4, -0.2) is 64.9 Å². The molecule has 2 heterocycles. The molecule has 1 fully saturated rings. The average Bonchev–Trinajstić information content (AvgIpc) is 3.09. The Hall–Kier alpha value is -3.52. The first-order chi connectivity index (χ1) is 14.9. The van der Waals surface area contributed by atoms with Crippen molar-refractivity contribution >= 4 is 28.5 Å². The van der Waals surface area contributed by atoms with Crippen molar-refractivity contribution in [2.45, 2.75) is 6.04 Å². The summed E-state index contributed by atoms with van der Waals surface area (Å²) in [5.74, 6) is -1.19. The van der Waals surface area contributed by atoms with Gasteiger partial charge in [-0.15, -0.1) is 0 Å². The molecule has 0 radical (unpaired) electrons. The maximum absolute atomic E-state index is 12.3. The van der Waals surface area contributed by atoms with Gasteiger partial charge in [-0.1, -0.05) is 6.07 Å². The molecule has 8 nitrogen and oxygen atoms in total. The highest BCUT2D eigenvalue weighted by atomic mass is 16.5. The van der Waals surface area contributed by atoms with Gasteiger partial charge in [0.15, 0.2) is 0 Å². The Morgan fingerprint density at radius 3 is 2.42 bits per heavy atom. The van der Waals surface area contributed by atoms with Crippen LogP contribution in [0.5, 0.6) is 5.75 Å². The molecule has 3 aromatic rings. The number of carbonyl (C=O) groups is 2. The smallest absolute Gasteiger partial charge is 0.335 e. The van der Waals surface area contributed by atoms with E-state index >= 15 is 0 Å². The molecule has 0 saturated carbocycles. The average molecular weight is 423 g/mol. The molecule has 0 amide bonds. The van der Waals surface area contributed by atoms with Crippen molar-refractivity contribution in [1.82, 2.24) is 9.47 Å². The highest BCUT2D eigenvalue weighted by Crippen LogP contribution is 2.32. The van der Waals surface area contributed by atoms with Crippen LogP contribution in [0.3, 0.4) is 0 Å². The molecule has 1 aromatic heterocycles. The summed E-state index contributed by atoms with van der Waals surface area (Å²) in [7, 11) is 3.47. The third kappa shape index (κ3) is 3.94. The van der Waals surface area contributed by atoms with Crippen LogP contribution in [-0.2, 0) is 11.8 Å². The van der Waals surface area contributed by atoms with Gasteiger partial charge in [-0.25, -0.2) is 4.79 Å². The molecule has 1 atom stereocenters. The number of hydrogen-bond donors (Lipinski definition) is 2. The zero-order valence-electron chi connectivity index (χ0n) is 17.5. The third-order valence-electron chi connectivity index (χ3n) is 5.89. The number of aromatic carboxylic acids is 1. The van der Waals surface area contributed by atoms with Crippen LogP contribution in [0.4, 0.5) is 5.69 Å². The molecular weight excluding hydrogens is 398 g/mol. The van der Waals surface area contributed by atoms with Gasteiger partial charge in [0.1, 0.15) is 11.8 Å². The molecule has 8 heteroatoms. The zero-order valence-corrected chi connectivity index (χ0v) is 17.5. The molecule has 2 aromatic carbocycles. The first kappa shape index (κ1) is 20.7. The summed E-state index contributed by atoms with van der Waals surface area (Å²) in [6.45, 7) is 2.51. The van der Waals surface area contributed by atoms with Crippen LogP contribution in [0.25, 0.3) is 10.9 Å². The molecule has 0 unspecified atom stereocenters. The van der Waals surface area contributed by atoms with Gasteiger partial charge in [-0.05, 0) is 30.3 Å². The van der Waals surface area contributed by atoms with Crippen LogP contribution in [0, 0.1) is 0 Å². The number of aliphatic carboxylic acids is 1. The highest BCUT2D eigenvalue weighted by Gasteiger charge is 2.33. The van der Waals surface area contributed by atoms with Crippen molar-refractivity contribution < 1.29 is 24.5 Å². The lowest BCUT2D eigenvalue weighted by atomic mass is 10.0. The van der Waals surface area contributed by atoms with Crippen LogP contribution in [0.15, 0.2) is 48.7 Å². The summed E-state index contributed by atoms with van der Waals surface area (Å²) in [6.07, 6.45) is 1.80. The summed E-state index contributed by atoms with van der Waals surface area (Å²) < 4.78 is 7.15. The van der Waals surface area contributed by atoms with E-state index in [0.29, 0.717) is 37.1 Å². The van der Waals surface area contributed by atoms with E-state index in [1.807, 2.05) is 40.8 Å². The lowest BCUT2D eigenvalue weighted by Crippen LogP contribution is -2.49. The lowest BCUT2D eigenvalue weighted by molar-refractivity contribution is -0.143. The van der Waals surface area contributed by atoms with Crippen LogP contribution >= 0.6 is 0 Å². The number of aryl methyl sites for hydroxylation is 1. The number of nitrogens with zero attached hydrogens (tertiary/aromatic N) is 3. The van der Waals surface area contributed by atoms with Crippen molar-refractivity contribution in [3.8, 4) is 5.75 Å². The summed E-state index contributed by atoms with van der Waals surface area (Å²) in [4.78, 5) is 27.9. The Morgan fingerprint density at radius 2 is 1.77 bits per heavy atom. The number of methoxy groups -OCH3 is 1. The number of rotatable bonds is 6. The number of fused-ring (bicyclic) bond motifs is 1. The van der Waals surface area contributed by atoms with E-state index in [-0.39, 0.29) is 5.56 Å². The zero-order chi connectivity index (χ0) is 22.1. The topological polar surface area (TPSA) is 95.2 Å². The summed E-state index contributed by atoms with van der Waals surface area (Å²) in [5, 5.41) is 20.1. The fourth-order valence-corrected chi connectivity index (χ4v) is 4.30. The van der Waals surface area contributed by atoms with Gasteiger partial charge in [0.05, 0.1) is 12.7 Å². The van der Waals surface area contributed by atoms with Crippen molar-refractivity contribution in [1.29, 1.82) is 0 Å². The van der Waals surface area contributed by atoms with E-state index in [9.17, 15) is 19.8 Å². The van der Waals surface area contributed by atoms with Gasteiger partial charge in [0.2, 0.25) is 0 Å². The largest absolute Gasteiger partial charge is 0.497 e. The third-order valence-corrected chi connectivity index (χ3v) is 5.89. The molecule has 1 aliphatic rings. The van der Waals surface area contributed by atoms with E-state index in [1.165, 1.54) is 6.07 Å². The number of anilines is 1. The van der Waals surface area contributed by atoms with Gasteiger partial charge < -0.3 is 24.4 Å². The van der Waals surface area contributed by atoms with E-state index in [2.05, 4.69) is 4.90 Å². The Bertz CT molecular complexity index is 1130. The van der Waals surface area contributed by atoms with Crippen LogP contribution in [0.1, 0.15) is 22.0 Å². The minimum atomic E-state index is -1.03. The Labute approximate surface area is 179 Å². The van der Waals surface area contributed by atoms with Crippen LogP contribution < -0.4 is 9.64 Å². The predicted molar refractivity (Wildman–Crippen MR) is 117 cm³/mol. The molecule has 1 saturated heterocycles. The second-order valence-corrected chi connectivity index (χ2v) is 7.70. The van der Waals surface area contributed by atoms with E-state index in [0.717, 1.165) is 17.0 Å². The Morgan fingerprint density at radius 1 is 1.03 bits per heavy atom. The Kier molecular flexibility index (Phi) is 5.56. The van der Waals surface area contributed by atoms with Gasteiger partial charge in [0.25, 0.3) is 0 Å². The van der Waals surface area contributed by atoms with Gasteiger partial charge in [-0.3, -0.25) is 9.69 Å². The van der Waals surface area contributed by atoms with E-state index < -0.39 is 18.0 Å². The molecule has 0 aliphatic carbocycles. The number of carboxylic acids is 2. The molecular formula is C23H25N3O5. The number of aromatic nitrogens is 1. The maximum atomic E-state index is 12.3. The first-order valence-electron chi connectivity index (χ1n) is 10.1. The maximum Gasteiger partial charge on any atom is 0.335 e. The monoisotopic (exact) mass is 423 g/mol. The molecule has 0 bridgehead atoms. The summed E-state index contributed by atoms with van der Waals surface area (Å²) in [5.41, 5.74) is 2.61. The van der Waals surface area contributed by atoms with Crippen molar-refractivity contribution in [2.24, 2.45) is 7.05 Å². The van der Waals surface area contributed by atoms with Crippen molar-refractivity contribution in [3.05, 3.63) is 59.8 Å². The fourth-order valence-electron chi connectivity index (χ4n) is 4.30. The lowest BCUT2D eigenvalue weighted by Gasteiger charge is -2.38. The standard InChI is InChI=1S/C23H25N3O5/c1-24-14-19(18-12-15(22(27)28)6-7-20(18)24)21(23(29)30)26-10-8-25(9-11-26)16-4-3-5-17(13-16)31-2/h3-7,12-14,21H,8-11H2,1-2H3,(H,27,28)(H,29,30)/t21-/m0/s1. The number of piperazine rings is 1. The van der Waals surface area contributed by atoms with Crippen molar-refractivity contribution in [2.75, 3.05) is 38.2 Å². The highest BCUT2D eigenvalue weighted by molar-refractivity contribution is 5.96. The number of hydrogen-bond acceptors (Lipinski definition) is 5. The minimum Gasteiger partial charge on any atom is -0.497 e. The molecule has 1 aliphatic heterocycles. The van der Waals surface area contributed by atoms with Gasteiger partial charge in [-0.2, -0.15) is 0 Å². The summed E-state index contributed by atoms with van der Waals surface area (Å²) >= 11 is 0. The molecule has 31 heavy (non-hydrogen) atoms. The van der Waals surface area contributed by atoms with Gasteiger partial charge in [0, 0.05) is 67.6 Å². The Balaban J connectivity index is 1.61. The van der Waals surface area contributed by atoms with Crippen LogP contribution in [0.2, 0.25) is 0 Å². The van der Waals surface area contributed by atoms with E-state index in [1.54, 1.807) is 25.4 Å². The molecule has 2 N–H and O–H groups in total. The van der Waals surface area contributed by atoms with Gasteiger partial charge >= 0.3 is 11.9 Å². The SMILES string of the molecule is COc1cccc(N2CCN([C@H](C(=O)O)c3cn(C)c4ccc(C(=O)O)cc34)CC2)c1. The quantitative estimate of drug-likeness (QED) is 0.629. The normalized spacial score (nSPS) is 15.7. The molecule has 4 rings (SSSR count). The minimum absolute atomic E-state index is 0.145. The second-order valence-electron chi connectivity index (χ2n) is 7.70. The summed E-state index contributed by atoms with van der Waals surface area (Å²) in [6, 6.07) is 11.8. The second kappa shape index (κ2) is 8.31. The fraction of sp³-hybridized carbons (Fsp3) is 0.304. The number of carboxylic acid groups (broad SMARTS) is 2. The first-order valence-corrected chi connectivity index (χ1v) is 10.1. The molecule has 0 spiro atoms. The van der Waals surface area contributed by atoms with Crippen molar-refractivity contribution in [3.63, 3.8) is 0 Å².